The van der Waals surface area contributed by atoms with E-state index in [1.807, 2.05) is 6.07 Å². The predicted molar refractivity (Wildman–Crippen MR) is 90.3 cm³/mol. The van der Waals surface area contributed by atoms with Crippen LogP contribution in [0.5, 0.6) is 5.75 Å². The first kappa shape index (κ1) is 14.8. The second-order valence-corrected chi connectivity index (χ2v) is 7.20. The quantitative estimate of drug-likeness (QED) is 0.770. The van der Waals surface area contributed by atoms with E-state index in [9.17, 15) is 0 Å². The van der Waals surface area contributed by atoms with Gasteiger partial charge in [-0.15, -0.1) is 11.3 Å². The van der Waals surface area contributed by atoms with E-state index >= 15 is 0 Å². The van der Waals surface area contributed by atoms with Crippen molar-refractivity contribution in [3.05, 3.63) is 49.2 Å². The summed E-state index contributed by atoms with van der Waals surface area (Å²) >= 11 is 4.16. The Labute approximate surface area is 132 Å². The van der Waals surface area contributed by atoms with E-state index in [1.165, 1.54) is 19.6 Å². The third-order valence-electron chi connectivity index (χ3n) is 3.12. The van der Waals surface area contributed by atoms with Crippen molar-refractivity contribution in [1.82, 2.24) is 5.32 Å². The van der Waals surface area contributed by atoms with Crippen LogP contribution in [-0.4, -0.2) is 13.7 Å². The van der Waals surface area contributed by atoms with Gasteiger partial charge in [-0.2, -0.15) is 0 Å². The van der Waals surface area contributed by atoms with Gasteiger partial charge in [-0.25, -0.2) is 0 Å². The Balaban J connectivity index is 2.39. The van der Waals surface area contributed by atoms with Gasteiger partial charge in [0.2, 0.25) is 0 Å². The van der Waals surface area contributed by atoms with E-state index in [0.717, 1.165) is 12.3 Å². The van der Waals surface area contributed by atoms with Gasteiger partial charge in [0.1, 0.15) is 5.75 Å². The molecule has 19 heavy (non-hydrogen) atoms. The second-order valence-electron chi connectivity index (χ2n) is 4.40. The van der Waals surface area contributed by atoms with Gasteiger partial charge in [0.05, 0.1) is 16.0 Å². The molecule has 1 heterocycles. The summed E-state index contributed by atoms with van der Waals surface area (Å²) in [5.74, 6) is 0.913. The molecule has 2 aromatic rings. The molecule has 0 amide bonds. The minimum absolute atomic E-state index is 0.260. The van der Waals surface area contributed by atoms with Gasteiger partial charge in [-0.3, -0.25) is 0 Å². The zero-order chi connectivity index (χ0) is 13.8. The highest BCUT2D eigenvalue weighted by atomic mass is 127. The lowest BCUT2D eigenvalue weighted by Crippen LogP contribution is -2.22. The van der Waals surface area contributed by atoms with Crippen LogP contribution in [0.15, 0.2) is 29.6 Å². The van der Waals surface area contributed by atoms with Gasteiger partial charge in [-0.1, -0.05) is 13.0 Å². The fraction of sp³-hybridized carbons (Fsp3) is 0.333. The molecule has 4 heteroatoms. The van der Waals surface area contributed by atoms with Gasteiger partial charge >= 0.3 is 0 Å². The molecule has 2 nitrogen and oxygen atoms in total. The van der Waals surface area contributed by atoms with Crippen LogP contribution in [0, 0.1) is 9.81 Å². The molecule has 0 aliphatic carbocycles. The van der Waals surface area contributed by atoms with Crippen LogP contribution in [0.1, 0.15) is 29.7 Å². The highest BCUT2D eigenvalue weighted by Gasteiger charge is 2.16. The molecule has 0 radical (unpaired) electrons. The number of methoxy groups -OCH3 is 1. The number of rotatable bonds is 5. The minimum atomic E-state index is 0.260. The van der Waals surface area contributed by atoms with Crippen molar-refractivity contribution < 1.29 is 4.74 Å². The van der Waals surface area contributed by atoms with Gasteiger partial charge in [0, 0.05) is 0 Å². The number of hydrogen-bond donors (Lipinski definition) is 1. The molecule has 2 rings (SSSR count). The number of aryl methyl sites for hydroxylation is 1. The first-order valence-electron chi connectivity index (χ1n) is 6.27. The number of halogens is 1. The van der Waals surface area contributed by atoms with Crippen molar-refractivity contribution in [3.8, 4) is 5.75 Å². The molecule has 1 atom stereocenters. The SMILES string of the molecule is CCNC(c1csc(I)c1)c1ccc(OC)cc1C. The number of thiophene rings is 1. The average molecular weight is 387 g/mol. The Bertz CT molecular complexity index is 553. The number of hydrogen-bond acceptors (Lipinski definition) is 3. The lowest BCUT2D eigenvalue weighted by Gasteiger charge is -2.20. The van der Waals surface area contributed by atoms with Crippen LogP contribution in [-0.2, 0) is 0 Å². The van der Waals surface area contributed by atoms with E-state index in [4.69, 9.17) is 4.74 Å². The van der Waals surface area contributed by atoms with Gasteiger partial charge in [0.15, 0.2) is 0 Å². The van der Waals surface area contributed by atoms with Crippen molar-refractivity contribution in [3.63, 3.8) is 0 Å². The topological polar surface area (TPSA) is 21.3 Å². The number of benzene rings is 1. The Hall–Kier alpha value is -0.590. The lowest BCUT2D eigenvalue weighted by atomic mass is 9.96. The maximum Gasteiger partial charge on any atom is 0.119 e. The summed E-state index contributed by atoms with van der Waals surface area (Å²) in [4.78, 5) is 0. The number of nitrogens with one attached hydrogen (secondary N) is 1. The zero-order valence-corrected chi connectivity index (χ0v) is 14.3. The Morgan fingerprint density at radius 3 is 2.68 bits per heavy atom. The Morgan fingerprint density at radius 2 is 2.16 bits per heavy atom. The molecular weight excluding hydrogens is 369 g/mol. The summed E-state index contributed by atoms with van der Waals surface area (Å²) in [7, 11) is 1.71. The molecule has 1 aromatic heterocycles. The fourth-order valence-electron chi connectivity index (χ4n) is 2.19. The van der Waals surface area contributed by atoms with Gasteiger partial charge < -0.3 is 10.1 Å². The molecule has 102 valence electrons. The molecule has 1 aromatic carbocycles. The van der Waals surface area contributed by atoms with Crippen molar-refractivity contribution in [2.75, 3.05) is 13.7 Å². The van der Waals surface area contributed by atoms with Crippen LogP contribution < -0.4 is 10.1 Å². The Kier molecular flexibility index (Phi) is 5.24. The molecule has 1 unspecified atom stereocenters. The third-order valence-corrected chi connectivity index (χ3v) is 4.92. The van der Waals surface area contributed by atoms with E-state index in [0.29, 0.717) is 0 Å². The van der Waals surface area contributed by atoms with Crippen molar-refractivity contribution in [2.24, 2.45) is 0 Å². The van der Waals surface area contributed by atoms with Crippen LogP contribution in [0.2, 0.25) is 0 Å². The highest BCUT2D eigenvalue weighted by molar-refractivity contribution is 14.1. The van der Waals surface area contributed by atoms with E-state index in [2.05, 4.69) is 65.3 Å². The molecule has 0 aliphatic rings. The van der Waals surface area contributed by atoms with Crippen LogP contribution >= 0.6 is 33.9 Å². The van der Waals surface area contributed by atoms with Crippen LogP contribution in [0.3, 0.4) is 0 Å². The molecule has 1 N–H and O–H groups in total. The Morgan fingerprint density at radius 1 is 1.37 bits per heavy atom. The normalized spacial score (nSPS) is 12.4. The largest absolute Gasteiger partial charge is 0.497 e. The molecule has 0 bridgehead atoms. The summed E-state index contributed by atoms with van der Waals surface area (Å²) in [5, 5.41) is 5.80. The fourth-order valence-corrected chi connectivity index (χ4v) is 3.58. The zero-order valence-electron chi connectivity index (χ0n) is 11.4. The first-order valence-corrected chi connectivity index (χ1v) is 8.23. The van der Waals surface area contributed by atoms with Gasteiger partial charge in [-0.05, 0) is 76.3 Å². The highest BCUT2D eigenvalue weighted by Crippen LogP contribution is 2.30. The summed E-state index contributed by atoms with van der Waals surface area (Å²) in [6, 6.07) is 8.80. The third kappa shape index (κ3) is 3.49. The summed E-state index contributed by atoms with van der Waals surface area (Å²) in [5.41, 5.74) is 3.91. The molecule has 0 saturated carbocycles. The van der Waals surface area contributed by atoms with Crippen molar-refractivity contribution in [1.29, 1.82) is 0 Å². The average Bonchev–Trinajstić information content (AvgIpc) is 2.83. The van der Waals surface area contributed by atoms with Crippen molar-refractivity contribution >= 4 is 33.9 Å². The molecule has 0 fully saturated rings. The van der Waals surface area contributed by atoms with Gasteiger partial charge in [0.25, 0.3) is 0 Å². The summed E-state index contributed by atoms with van der Waals surface area (Å²) < 4.78 is 6.60. The number of ether oxygens (including phenoxy) is 1. The maximum absolute atomic E-state index is 5.28. The minimum Gasteiger partial charge on any atom is -0.497 e. The van der Waals surface area contributed by atoms with E-state index < -0.39 is 0 Å². The molecular formula is C15H18INOS. The monoisotopic (exact) mass is 387 g/mol. The predicted octanol–water partition coefficient (Wildman–Crippen LogP) is 4.37. The standard InChI is InChI=1S/C15H18INOS/c1-4-17-15(11-8-14(16)19-9-11)13-6-5-12(18-3)7-10(13)2/h5-9,15,17H,4H2,1-3H3. The maximum atomic E-state index is 5.28. The smallest absolute Gasteiger partial charge is 0.119 e. The van der Waals surface area contributed by atoms with E-state index in [-0.39, 0.29) is 6.04 Å². The van der Waals surface area contributed by atoms with E-state index in [1.54, 1.807) is 18.4 Å². The lowest BCUT2D eigenvalue weighted by molar-refractivity contribution is 0.414. The van der Waals surface area contributed by atoms with Crippen molar-refractivity contribution in [2.45, 2.75) is 19.9 Å². The summed E-state index contributed by atoms with van der Waals surface area (Å²) in [6.45, 7) is 5.23. The van der Waals surface area contributed by atoms with Crippen LogP contribution in [0.4, 0.5) is 0 Å². The second kappa shape index (κ2) is 6.72. The summed E-state index contributed by atoms with van der Waals surface area (Å²) in [6.07, 6.45) is 0. The first-order chi connectivity index (χ1) is 9.15. The molecule has 0 aliphatic heterocycles. The molecule has 0 saturated heterocycles. The van der Waals surface area contributed by atoms with Crippen LogP contribution in [0.25, 0.3) is 0 Å². The molecule has 0 spiro atoms.